The number of carbonyl (C=O) groups is 1. The smallest absolute Gasteiger partial charge is 0.272 e. The van der Waals surface area contributed by atoms with E-state index in [2.05, 4.69) is 5.32 Å². The number of aromatic nitrogens is 1. The SMILES string of the molecule is CC(C)(O)c1ccc(NC(=O)c2cccn(-c3ccc(F)cc3OCC(F)F)c2=O)cc1. The molecule has 32 heavy (non-hydrogen) atoms. The van der Waals surface area contributed by atoms with Crippen molar-refractivity contribution in [1.82, 2.24) is 4.57 Å². The molecule has 1 heterocycles. The lowest BCUT2D eigenvalue weighted by Crippen LogP contribution is -2.28. The second-order valence-electron chi connectivity index (χ2n) is 7.50. The maximum Gasteiger partial charge on any atom is 0.272 e. The molecule has 0 radical (unpaired) electrons. The Morgan fingerprint density at radius 2 is 1.84 bits per heavy atom. The fourth-order valence-corrected chi connectivity index (χ4v) is 2.97. The molecule has 6 nitrogen and oxygen atoms in total. The minimum absolute atomic E-state index is 0.0150. The van der Waals surface area contributed by atoms with Gasteiger partial charge in [0.05, 0.1) is 11.3 Å². The number of benzene rings is 2. The highest BCUT2D eigenvalue weighted by Gasteiger charge is 2.18. The number of nitrogens with one attached hydrogen (secondary N) is 1. The van der Waals surface area contributed by atoms with Crippen LogP contribution in [0, 0.1) is 5.82 Å². The number of aliphatic hydroxyl groups is 1. The van der Waals surface area contributed by atoms with Gasteiger partial charge in [-0.25, -0.2) is 13.2 Å². The van der Waals surface area contributed by atoms with Crippen molar-refractivity contribution in [1.29, 1.82) is 0 Å². The van der Waals surface area contributed by atoms with Crippen molar-refractivity contribution in [2.75, 3.05) is 11.9 Å². The first-order valence-electron chi connectivity index (χ1n) is 9.63. The predicted molar refractivity (Wildman–Crippen MR) is 113 cm³/mol. The van der Waals surface area contributed by atoms with Crippen LogP contribution in [0.25, 0.3) is 5.69 Å². The zero-order valence-electron chi connectivity index (χ0n) is 17.3. The third kappa shape index (κ3) is 5.36. The van der Waals surface area contributed by atoms with Crippen molar-refractivity contribution >= 4 is 11.6 Å². The number of hydrogen-bond donors (Lipinski definition) is 2. The molecule has 0 spiro atoms. The van der Waals surface area contributed by atoms with Gasteiger partial charge in [-0.15, -0.1) is 0 Å². The number of rotatable bonds is 7. The number of ether oxygens (including phenoxy) is 1. The molecule has 0 saturated heterocycles. The van der Waals surface area contributed by atoms with Crippen LogP contribution in [0.1, 0.15) is 29.8 Å². The molecule has 0 bridgehead atoms. The summed E-state index contributed by atoms with van der Waals surface area (Å²) in [5.41, 5.74) is -0.948. The second-order valence-corrected chi connectivity index (χ2v) is 7.50. The van der Waals surface area contributed by atoms with Gasteiger partial charge in [-0.1, -0.05) is 12.1 Å². The highest BCUT2D eigenvalue weighted by Crippen LogP contribution is 2.24. The van der Waals surface area contributed by atoms with Crippen molar-refractivity contribution < 1.29 is 27.8 Å². The highest BCUT2D eigenvalue weighted by molar-refractivity contribution is 6.04. The van der Waals surface area contributed by atoms with Crippen molar-refractivity contribution in [2.24, 2.45) is 0 Å². The van der Waals surface area contributed by atoms with Crippen LogP contribution in [0.3, 0.4) is 0 Å². The molecular weight excluding hydrogens is 425 g/mol. The fourth-order valence-electron chi connectivity index (χ4n) is 2.97. The number of anilines is 1. The summed E-state index contributed by atoms with van der Waals surface area (Å²) in [6.45, 7) is 2.27. The van der Waals surface area contributed by atoms with Crippen LogP contribution >= 0.6 is 0 Å². The molecular formula is C23H21F3N2O4. The number of carbonyl (C=O) groups excluding carboxylic acids is 1. The van der Waals surface area contributed by atoms with Crippen LogP contribution in [-0.4, -0.2) is 28.6 Å². The van der Waals surface area contributed by atoms with E-state index in [0.29, 0.717) is 11.3 Å². The van der Waals surface area contributed by atoms with E-state index < -0.39 is 35.9 Å². The molecule has 9 heteroatoms. The molecule has 2 N–H and O–H groups in total. The predicted octanol–water partition coefficient (Wildman–Crippen LogP) is 4.10. The zero-order chi connectivity index (χ0) is 23.5. The zero-order valence-corrected chi connectivity index (χ0v) is 17.3. The number of nitrogens with zero attached hydrogens (tertiary/aromatic N) is 1. The van der Waals surface area contributed by atoms with E-state index in [1.165, 1.54) is 24.4 Å². The summed E-state index contributed by atoms with van der Waals surface area (Å²) in [6.07, 6.45) is -1.47. The Morgan fingerprint density at radius 1 is 1.16 bits per heavy atom. The van der Waals surface area contributed by atoms with Gasteiger partial charge in [-0.2, -0.15) is 0 Å². The van der Waals surface area contributed by atoms with Gasteiger partial charge in [0.15, 0.2) is 0 Å². The first-order chi connectivity index (χ1) is 15.1. The van der Waals surface area contributed by atoms with Crippen molar-refractivity contribution in [2.45, 2.75) is 25.9 Å². The number of hydrogen-bond acceptors (Lipinski definition) is 4. The monoisotopic (exact) mass is 446 g/mol. The Morgan fingerprint density at radius 3 is 2.47 bits per heavy atom. The summed E-state index contributed by atoms with van der Waals surface area (Å²) in [6, 6.07) is 12.3. The van der Waals surface area contributed by atoms with Gasteiger partial charge in [-0.3, -0.25) is 14.2 Å². The van der Waals surface area contributed by atoms with Crippen LogP contribution in [0.4, 0.5) is 18.9 Å². The molecule has 0 aliphatic rings. The molecule has 0 aliphatic heterocycles. The number of pyridine rings is 1. The lowest BCUT2D eigenvalue weighted by atomic mass is 9.98. The van der Waals surface area contributed by atoms with Gasteiger partial charge in [0.25, 0.3) is 17.9 Å². The molecule has 0 unspecified atom stereocenters. The average Bonchev–Trinajstić information content (AvgIpc) is 2.72. The van der Waals surface area contributed by atoms with Crippen LogP contribution in [0.2, 0.25) is 0 Å². The van der Waals surface area contributed by atoms with E-state index >= 15 is 0 Å². The average molecular weight is 446 g/mol. The van der Waals surface area contributed by atoms with Crippen molar-refractivity contribution in [3.8, 4) is 11.4 Å². The van der Waals surface area contributed by atoms with E-state index in [-0.39, 0.29) is 17.0 Å². The summed E-state index contributed by atoms with van der Waals surface area (Å²) >= 11 is 0. The number of halogens is 3. The van der Waals surface area contributed by atoms with E-state index in [1.54, 1.807) is 38.1 Å². The lowest BCUT2D eigenvalue weighted by molar-refractivity contribution is 0.0786. The van der Waals surface area contributed by atoms with Gasteiger partial charge in [0.2, 0.25) is 0 Å². The molecule has 1 amide bonds. The Bertz CT molecular complexity index is 1170. The maximum absolute atomic E-state index is 13.6. The molecule has 0 saturated carbocycles. The normalized spacial score (nSPS) is 11.5. The third-order valence-electron chi connectivity index (χ3n) is 4.59. The van der Waals surface area contributed by atoms with Crippen LogP contribution < -0.4 is 15.6 Å². The molecule has 0 fully saturated rings. The minimum Gasteiger partial charge on any atom is -0.485 e. The molecule has 3 aromatic rings. The Kier molecular flexibility index (Phi) is 6.69. The van der Waals surface area contributed by atoms with Crippen LogP contribution in [0.5, 0.6) is 5.75 Å². The summed E-state index contributed by atoms with van der Waals surface area (Å²) in [5, 5.41) is 12.6. The van der Waals surface area contributed by atoms with Gasteiger partial charge >= 0.3 is 0 Å². The van der Waals surface area contributed by atoms with E-state index in [1.807, 2.05) is 0 Å². The molecule has 0 aliphatic carbocycles. The topological polar surface area (TPSA) is 80.6 Å². The fraction of sp³-hybridized carbons (Fsp3) is 0.217. The molecule has 2 aromatic carbocycles. The first-order valence-corrected chi connectivity index (χ1v) is 9.63. The summed E-state index contributed by atoms with van der Waals surface area (Å²) in [4.78, 5) is 25.6. The van der Waals surface area contributed by atoms with Gasteiger partial charge < -0.3 is 15.2 Å². The summed E-state index contributed by atoms with van der Waals surface area (Å²) in [7, 11) is 0. The van der Waals surface area contributed by atoms with E-state index in [4.69, 9.17) is 4.74 Å². The summed E-state index contributed by atoms with van der Waals surface area (Å²) < 4.78 is 44.7. The van der Waals surface area contributed by atoms with E-state index in [9.17, 15) is 27.9 Å². The lowest BCUT2D eigenvalue weighted by Gasteiger charge is -2.18. The number of amides is 1. The molecule has 3 rings (SSSR count). The van der Waals surface area contributed by atoms with Gasteiger partial charge in [0.1, 0.15) is 23.7 Å². The highest BCUT2D eigenvalue weighted by atomic mass is 19.3. The van der Waals surface area contributed by atoms with Crippen molar-refractivity contribution in [3.05, 3.63) is 88.1 Å². The standard InChI is InChI=1S/C23H21F3N2O4/c1-23(2,31)14-5-8-16(9-6-14)27-21(29)17-4-3-11-28(22(17)30)18-10-7-15(24)12-19(18)32-13-20(25)26/h3-12,20,31H,13H2,1-2H3,(H,27,29). The molecule has 0 atom stereocenters. The Balaban J connectivity index is 1.91. The Hall–Kier alpha value is -3.59. The van der Waals surface area contributed by atoms with Gasteiger partial charge in [-0.05, 0) is 55.8 Å². The molecule has 168 valence electrons. The van der Waals surface area contributed by atoms with Crippen LogP contribution in [-0.2, 0) is 5.60 Å². The van der Waals surface area contributed by atoms with Gasteiger partial charge in [0, 0.05) is 18.0 Å². The number of alkyl halides is 2. The first kappa shape index (κ1) is 23.1. The van der Waals surface area contributed by atoms with E-state index in [0.717, 1.165) is 16.7 Å². The Labute approximate surface area is 181 Å². The minimum atomic E-state index is -2.79. The van der Waals surface area contributed by atoms with Crippen molar-refractivity contribution in [3.63, 3.8) is 0 Å². The quantitative estimate of drug-likeness (QED) is 0.573. The molecule has 1 aromatic heterocycles. The van der Waals surface area contributed by atoms with Crippen LogP contribution in [0.15, 0.2) is 65.6 Å². The maximum atomic E-state index is 13.6. The summed E-state index contributed by atoms with van der Waals surface area (Å²) in [5.74, 6) is -1.68. The second kappa shape index (κ2) is 9.27. The third-order valence-corrected chi connectivity index (χ3v) is 4.59. The largest absolute Gasteiger partial charge is 0.485 e.